The molecule has 1 amide bonds. The van der Waals surface area contributed by atoms with Gasteiger partial charge in [0.2, 0.25) is 11.6 Å². The second-order valence-electron chi connectivity index (χ2n) is 3.35. The van der Waals surface area contributed by atoms with Crippen molar-refractivity contribution in [1.29, 1.82) is 0 Å². The van der Waals surface area contributed by atoms with E-state index in [2.05, 4.69) is 16.0 Å². The molecule has 1 rings (SSSR count). The average molecular weight is 185 g/mol. The van der Waals surface area contributed by atoms with Gasteiger partial charge in [-0.05, 0) is 13.8 Å². The Morgan fingerprint density at radius 1 is 1.77 bits per heavy atom. The van der Waals surface area contributed by atoms with Gasteiger partial charge in [-0.2, -0.15) is 5.43 Å². The van der Waals surface area contributed by atoms with E-state index in [1.807, 2.05) is 13.8 Å². The lowest BCUT2D eigenvalue weighted by molar-refractivity contribution is -0.125. The summed E-state index contributed by atoms with van der Waals surface area (Å²) in [6.07, 6.45) is 1.12. The number of hydrogen-bond donors (Lipinski definition) is 2. The van der Waals surface area contributed by atoms with Crippen molar-refractivity contribution in [1.82, 2.24) is 10.9 Å². The molecule has 0 saturated heterocycles. The maximum Gasteiger partial charge on any atom is 0.233 e. The second-order valence-corrected chi connectivity index (χ2v) is 3.35. The fraction of sp³-hybridized carbons (Fsp3) is 0.750. The highest BCUT2D eigenvalue weighted by Crippen LogP contribution is 2.18. The number of hydrazine groups is 1. The van der Waals surface area contributed by atoms with Gasteiger partial charge in [0, 0.05) is 12.8 Å². The molecular formula is C8H15N3O2. The third-order valence-electron chi connectivity index (χ3n) is 1.78. The Balaban J connectivity index is 2.33. The van der Waals surface area contributed by atoms with Crippen LogP contribution in [0.15, 0.2) is 5.16 Å². The fourth-order valence-corrected chi connectivity index (χ4v) is 1.09. The molecule has 0 aliphatic carbocycles. The fourth-order valence-electron chi connectivity index (χ4n) is 1.09. The molecule has 74 valence electrons. The van der Waals surface area contributed by atoms with E-state index in [9.17, 15) is 4.79 Å². The highest BCUT2D eigenvalue weighted by molar-refractivity contribution is 5.83. The maximum absolute atomic E-state index is 10.9. The minimum absolute atomic E-state index is 0.0608. The SMILES string of the molecule is CCC(=O)NN[C@@]1(C)CC(C)=NO1. The summed E-state index contributed by atoms with van der Waals surface area (Å²) in [7, 11) is 0. The van der Waals surface area contributed by atoms with Gasteiger partial charge in [-0.15, -0.1) is 0 Å². The highest BCUT2D eigenvalue weighted by atomic mass is 16.7. The van der Waals surface area contributed by atoms with Crippen LogP contribution in [0.1, 0.15) is 33.6 Å². The molecule has 2 N–H and O–H groups in total. The summed E-state index contributed by atoms with van der Waals surface area (Å²) in [5.41, 5.74) is 5.68. The first-order valence-electron chi connectivity index (χ1n) is 4.33. The van der Waals surface area contributed by atoms with Crippen LogP contribution in [0.25, 0.3) is 0 Å². The molecule has 0 fully saturated rings. The van der Waals surface area contributed by atoms with E-state index < -0.39 is 5.72 Å². The van der Waals surface area contributed by atoms with E-state index in [0.717, 1.165) is 5.71 Å². The number of carbonyl (C=O) groups is 1. The predicted molar refractivity (Wildman–Crippen MR) is 48.8 cm³/mol. The highest BCUT2D eigenvalue weighted by Gasteiger charge is 2.32. The van der Waals surface area contributed by atoms with Crippen molar-refractivity contribution in [3.05, 3.63) is 0 Å². The number of oxime groups is 1. The number of nitrogens with one attached hydrogen (secondary N) is 2. The Labute approximate surface area is 77.5 Å². The van der Waals surface area contributed by atoms with E-state index in [1.54, 1.807) is 6.92 Å². The van der Waals surface area contributed by atoms with Crippen molar-refractivity contribution >= 4 is 11.6 Å². The molecule has 1 aliphatic rings. The second kappa shape index (κ2) is 3.74. The summed E-state index contributed by atoms with van der Waals surface area (Å²) in [6.45, 7) is 5.51. The molecule has 0 unspecified atom stereocenters. The van der Waals surface area contributed by atoms with Crippen LogP contribution >= 0.6 is 0 Å². The van der Waals surface area contributed by atoms with Crippen LogP contribution in [-0.2, 0) is 9.63 Å². The van der Waals surface area contributed by atoms with Crippen LogP contribution in [-0.4, -0.2) is 17.3 Å². The maximum atomic E-state index is 10.9. The summed E-state index contributed by atoms with van der Waals surface area (Å²) in [5, 5.41) is 3.80. The smallest absolute Gasteiger partial charge is 0.233 e. The van der Waals surface area contributed by atoms with Crippen LogP contribution in [0.3, 0.4) is 0 Å². The minimum Gasteiger partial charge on any atom is -0.372 e. The lowest BCUT2D eigenvalue weighted by atomic mass is 10.1. The van der Waals surface area contributed by atoms with Crippen molar-refractivity contribution in [3.8, 4) is 0 Å². The Bertz CT molecular complexity index is 240. The largest absolute Gasteiger partial charge is 0.372 e. The molecule has 0 aromatic rings. The van der Waals surface area contributed by atoms with Gasteiger partial charge >= 0.3 is 0 Å². The number of carbonyl (C=O) groups excluding carboxylic acids is 1. The summed E-state index contributed by atoms with van der Waals surface area (Å²) < 4.78 is 0. The van der Waals surface area contributed by atoms with Crippen molar-refractivity contribution in [2.24, 2.45) is 5.16 Å². The molecule has 0 aromatic carbocycles. The number of rotatable bonds is 3. The standard InChI is InChI=1S/C8H15N3O2/c1-4-7(12)9-11-8(3)5-6(2)10-13-8/h11H,4-5H2,1-3H3,(H,9,12)/t8-/m1/s1. The molecule has 0 saturated carbocycles. The van der Waals surface area contributed by atoms with E-state index in [1.165, 1.54) is 0 Å². The molecule has 0 aromatic heterocycles. The quantitative estimate of drug-likeness (QED) is 0.630. The topological polar surface area (TPSA) is 62.7 Å². The first kappa shape index (κ1) is 9.98. The molecule has 0 spiro atoms. The van der Waals surface area contributed by atoms with Crippen LogP contribution in [0.2, 0.25) is 0 Å². The van der Waals surface area contributed by atoms with Crippen LogP contribution < -0.4 is 10.9 Å². The van der Waals surface area contributed by atoms with Gasteiger partial charge in [0.25, 0.3) is 0 Å². The van der Waals surface area contributed by atoms with Gasteiger partial charge in [-0.1, -0.05) is 12.1 Å². The zero-order valence-electron chi connectivity index (χ0n) is 8.18. The third-order valence-corrected chi connectivity index (χ3v) is 1.78. The Morgan fingerprint density at radius 2 is 2.46 bits per heavy atom. The molecule has 1 aliphatic heterocycles. The summed E-state index contributed by atoms with van der Waals surface area (Å²) >= 11 is 0. The molecule has 13 heavy (non-hydrogen) atoms. The molecule has 5 heteroatoms. The van der Waals surface area contributed by atoms with Gasteiger partial charge in [0.15, 0.2) is 0 Å². The molecule has 5 nitrogen and oxygen atoms in total. The molecule has 1 heterocycles. The van der Waals surface area contributed by atoms with Crippen molar-refractivity contribution in [2.45, 2.75) is 39.3 Å². The van der Waals surface area contributed by atoms with Gasteiger partial charge < -0.3 is 4.84 Å². The first-order valence-corrected chi connectivity index (χ1v) is 4.33. The Morgan fingerprint density at radius 3 is 2.92 bits per heavy atom. The first-order chi connectivity index (χ1) is 6.06. The summed E-state index contributed by atoms with van der Waals surface area (Å²) in [5.74, 6) is -0.0608. The van der Waals surface area contributed by atoms with Crippen molar-refractivity contribution in [3.63, 3.8) is 0 Å². The van der Waals surface area contributed by atoms with Gasteiger partial charge in [-0.3, -0.25) is 10.2 Å². The van der Waals surface area contributed by atoms with Crippen LogP contribution in [0, 0.1) is 0 Å². The van der Waals surface area contributed by atoms with Crippen LogP contribution in [0.5, 0.6) is 0 Å². The van der Waals surface area contributed by atoms with Crippen molar-refractivity contribution < 1.29 is 9.63 Å². The van der Waals surface area contributed by atoms with Gasteiger partial charge in [-0.25, -0.2) is 0 Å². The molecule has 1 atom stereocenters. The number of amides is 1. The monoisotopic (exact) mass is 185 g/mol. The molecule has 0 bridgehead atoms. The predicted octanol–water partition coefficient (Wildman–Crippen LogP) is 0.530. The lowest BCUT2D eigenvalue weighted by Crippen LogP contribution is -2.52. The zero-order chi connectivity index (χ0) is 9.90. The van der Waals surface area contributed by atoms with E-state index in [-0.39, 0.29) is 5.91 Å². The normalized spacial score (nSPS) is 26.5. The third kappa shape index (κ3) is 2.69. The van der Waals surface area contributed by atoms with Crippen LogP contribution in [0.4, 0.5) is 0 Å². The average Bonchev–Trinajstić information content (AvgIpc) is 2.43. The van der Waals surface area contributed by atoms with E-state index >= 15 is 0 Å². The van der Waals surface area contributed by atoms with Gasteiger partial charge in [0.05, 0.1) is 5.71 Å². The van der Waals surface area contributed by atoms with E-state index in [0.29, 0.717) is 12.8 Å². The Hall–Kier alpha value is -1.10. The summed E-state index contributed by atoms with van der Waals surface area (Å²) in [6, 6.07) is 0. The molecular weight excluding hydrogens is 170 g/mol. The number of hydrogen-bond acceptors (Lipinski definition) is 4. The van der Waals surface area contributed by atoms with E-state index in [4.69, 9.17) is 4.84 Å². The molecule has 0 radical (unpaired) electrons. The number of nitrogens with zero attached hydrogens (tertiary/aromatic N) is 1. The van der Waals surface area contributed by atoms with Crippen molar-refractivity contribution in [2.75, 3.05) is 0 Å². The zero-order valence-corrected chi connectivity index (χ0v) is 8.18. The Kier molecular flexibility index (Phi) is 2.87. The van der Waals surface area contributed by atoms with Gasteiger partial charge in [0.1, 0.15) is 0 Å². The lowest BCUT2D eigenvalue weighted by Gasteiger charge is -2.22. The minimum atomic E-state index is -0.588. The summed E-state index contributed by atoms with van der Waals surface area (Å²) in [4.78, 5) is 16.0.